The van der Waals surface area contributed by atoms with Gasteiger partial charge in [-0.2, -0.15) is 5.26 Å². The summed E-state index contributed by atoms with van der Waals surface area (Å²) in [5, 5.41) is 14.6. The molecule has 5 heteroatoms. The minimum absolute atomic E-state index is 0.0278. The smallest absolute Gasteiger partial charge is 0.319 e. The van der Waals surface area contributed by atoms with Crippen LogP contribution in [0, 0.1) is 17.2 Å². The second-order valence-electron chi connectivity index (χ2n) is 5.13. The number of amides is 2. The molecule has 1 atom stereocenters. The van der Waals surface area contributed by atoms with Gasteiger partial charge in [-0.25, -0.2) is 4.79 Å². The number of carbonyl (C=O) groups excluding carboxylic acids is 1. The fourth-order valence-electron chi connectivity index (χ4n) is 1.89. The molecular weight excluding hydrogens is 306 g/mol. The first-order valence-electron chi connectivity index (χ1n) is 7.39. The molecule has 0 aliphatic carbocycles. The van der Waals surface area contributed by atoms with E-state index in [0.29, 0.717) is 12.3 Å². The first-order chi connectivity index (χ1) is 11.2. The van der Waals surface area contributed by atoms with Crippen LogP contribution in [0.15, 0.2) is 59.5 Å². The van der Waals surface area contributed by atoms with Gasteiger partial charge in [-0.1, -0.05) is 42.5 Å². The zero-order valence-electron chi connectivity index (χ0n) is 13.0. The topological polar surface area (TPSA) is 64.9 Å². The van der Waals surface area contributed by atoms with Crippen molar-refractivity contribution in [2.45, 2.75) is 18.4 Å². The highest BCUT2D eigenvalue weighted by molar-refractivity contribution is 7.99. The van der Waals surface area contributed by atoms with E-state index < -0.39 is 0 Å². The molecule has 2 aromatic rings. The molecule has 0 heterocycles. The number of nitrogens with one attached hydrogen (secondary N) is 2. The van der Waals surface area contributed by atoms with Gasteiger partial charge in [0.2, 0.25) is 0 Å². The SMILES string of the molecule is CC(C#N)CSc1ccccc1NC(=O)NCc1ccccc1. The molecule has 23 heavy (non-hydrogen) atoms. The second kappa shape index (κ2) is 8.86. The number of nitriles is 1. The van der Waals surface area contributed by atoms with Gasteiger partial charge in [0.25, 0.3) is 0 Å². The summed E-state index contributed by atoms with van der Waals surface area (Å²) in [5.74, 6) is 0.667. The normalized spacial score (nSPS) is 11.3. The zero-order chi connectivity index (χ0) is 16.5. The lowest BCUT2D eigenvalue weighted by Gasteiger charge is -2.12. The van der Waals surface area contributed by atoms with Crippen LogP contribution in [0.1, 0.15) is 12.5 Å². The Balaban J connectivity index is 1.91. The number of rotatable bonds is 6. The highest BCUT2D eigenvalue weighted by Gasteiger charge is 2.08. The summed E-state index contributed by atoms with van der Waals surface area (Å²) < 4.78 is 0. The molecule has 0 saturated carbocycles. The van der Waals surface area contributed by atoms with Crippen LogP contribution in [0.2, 0.25) is 0 Å². The highest BCUT2D eigenvalue weighted by Crippen LogP contribution is 2.28. The summed E-state index contributed by atoms with van der Waals surface area (Å²) >= 11 is 1.57. The van der Waals surface area contributed by atoms with Crippen LogP contribution in [-0.4, -0.2) is 11.8 Å². The molecule has 2 aromatic carbocycles. The third-order valence-corrected chi connectivity index (χ3v) is 4.47. The largest absolute Gasteiger partial charge is 0.334 e. The Morgan fingerprint density at radius 1 is 1.17 bits per heavy atom. The lowest BCUT2D eigenvalue weighted by molar-refractivity contribution is 0.251. The Bertz CT molecular complexity index is 682. The first-order valence-corrected chi connectivity index (χ1v) is 8.38. The molecular formula is C18H19N3OS. The van der Waals surface area contributed by atoms with Crippen LogP contribution in [0.25, 0.3) is 0 Å². The predicted molar refractivity (Wildman–Crippen MR) is 94.2 cm³/mol. The van der Waals surface area contributed by atoms with Crippen molar-refractivity contribution in [1.82, 2.24) is 5.32 Å². The summed E-state index contributed by atoms with van der Waals surface area (Å²) in [6.45, 7) is 2.36. The molecule has 2 rings (SSSR count). The Morgan fingerprint density at radius 3 is 2.61 bits per heavy atom. The third-order valence-electron chi connectivity index (χ3n) is 3.14. The molecule has 0 aliphatic heterocycles. The summed E-state index contributed by atoms with van der Waals surface area (Å²) in [4.78, 5) is 13.0. The summed E-state index contributed by atoms with van der Waals surface area (Å²) in [7, 11) is 0. The number of thioether (sulfide) groups is 1. The number of nitrogens with zero attached hydrogens (tertiary/aromatic N) is 1. The van der Waals surface area contributed by atoms with E-state index >= 15 is 0 Å². The number of urea groups is 1. The van der Waals surface area contributed by atoms with Crippen LogP contribution in [0.5, 0.6) is 0 Å². The monoisotopic (exact) mass is 325 g/mol. The summed E-state index contributed by atoms with van der Waals surface area (Å²) in [6.07, 6.45) is 0. The summed E-state index contributed by atoms with van der Waals surface area (Å²) in [5.41, 5.74) is 1.81. The van der Waals surface area contributed by atoms with Crippen molar-refractivity contribution < 1.29 is 4.79 Å². The van der Waals surface area contributed by atoms with Crippen molar-refractivity contribution in [3.63, 3.8) is 0 Å². The zero-order valence-corrected chi connectivity index (χ0v) is 13.8. The van der Waals surface area contributed by atoms with Crippen LogP contribution < -0.4 is 10.6 Å². The standard InChI is InChI=1S/C18H19N3OS/c1-14(11-19)13-23-17-10-6-5-9-16(17)21-18(22)20-12-15-7-3-2-4-8-15/h2-10,14H,12-13H2,1H3,(H2,20,21,22). The van der Waals surface area contributed by atoms with Gasteiger partial charge in [-0.05, 0) is 24.6 Å². The van der Waals surface area contributed by atoms with Crippen LogP contribution >= 0.6 is 11.8 Å². The molecule has 118 valence electrons. The fourth-order valence-corrected chi connectivity index (χ4v) is 2.85. The number of carbonyl (C=O) groups is 1. The average Bonchev–Trinajstić information content (AvgIpc) is 2.60. The third kappa shape index (κ3) is 5.68. The van der Waals surface area contributed by atoms with Crippen molar-refractivity contribution >= 4 is 23.5 Å². The minimum atomic E-state index is -0.241. The minimum Gasteiger partial charge on any atom is -0.334 e. The molecule has 0 fully saturated rings. The maximum atomic E-state index is 12.0. The van der Waals surface area contributed by atoms with Gasteiger partial charge in [0.05, 0.1) is 17.7 Å². The fraction of sp³-hybridized carbons (Fsp3) is 0.222. The Morgan fingerprint density at radius 2 is 1.87 bits per heavy atom. The molecule has 0 radical (unpaired) electrons. The number of benzene rings is 2. The van der Waals surface area contributed by atoms with Crippen molar-refractivity contribution in [1.29, 1.82) is 5.26 Å². The molecule has 0 aromatic heterocycles. The van der Waals surface area contributed by atoms with Gasteiger partial charge >= 0.3 is 6.03 Å². The van der Waals surface area contributed by atoms with E-state index in [2.05, 4.69) is 16.7 Å². The Hall–Kier alpha value is -2.45. The van der Waals surface area contributed by atoms with E-state index in [9.17, 15) is 4.79 Å². The lowest BCUT2D eigenvalue weighted by Crippen LogP contribution is -2.28. The molecule has 2 N–H and O–H groups in total. The Labute approximate surface area is 140 Å². The first kappa shape index (κ1) is 16.9. The predicted octanol–water partition coefficient (Wildman–Crippen LogP) is 4.26. The number of hydrogen-bond donors (Lipinski definition) is 2. The number of para-hydroxylation sites is 1. The van der Waals surface area contributed by atoms with Crippen molar-refractivity contribution in [2.75, 3.05) is 11.1 Å². The summed E-state index contributed by atoms with van der Waals surface area (Å²) in [6, 6.07) is 19.3. The average molecular weight is 325 g/mol. The van der Waals surface area contributed by atoms with E-state index in [1.807, 2.05) is 61.5 Å². The van der Waals surface area contributed by atoms with Crippen molar-refractivity contribution in [3.05, 3.63) is 60.2 Å². The molecule has 1 unspecified atom stereocenters. The molecule has 2 amide bonds. The number of anilines is 1. The van der Waals surface area contributed by atoms with Gasteiger partial charge in [0, 0.05) is 17.2 Å². The van der Waals surface area contributed by atoms with Gasteiger partial charge in [0.15, 0.2) is 0 Å². The van der Waals surface area contributed by atoms with E-state index in [1.165, 1.54) is 0 Å². The molecule has 0 saturated heterocycles. The van der Waals surface area contributed by atoms with Gasteiger partial charge in [-0.15, -0.1) is 11.8 Å². The van der Waals surface area contributed by atoms with Crippen molar-refractivity contribution in [3.8, 4) is 6.07 Å². The second-order valence-corrected chi connectivity index (χ2v) is 6.19. The van der Waals surface area contributed by atoms with Crippen molar-refractivity contribution in [2.24, 2.45) is 5.92 Å². The van der Waals surface area contributed by atoms with Crippen LogP contribution in [-0.2, 0) is 6.54 Å². The van der Waals surface area contributed by atoms with Gasteiger partial charge in [0.1, 0.15) is 0 Å². The maximum Gasteiger partial charge on any atom is 0.319 e. The van der Waals surface area contributed by atoms with Crippen LogP contribution in [0.3, 0.4) is 0 Å². The molecule has 4 nitrogen and oxygen atoms in total. The Kier molecular flexibility index (Phi) is 6.52. The van der Waals surface area contributed by atoms with Gasteiger partial charge < -0.3 is 10.6 Å². The van der Waals surface area contributed by atoms with E-state index in [0.717, 1.165) is 16.1 Å². The van der Waals surface area contributed by atoms with E-state index in [4.69, 9.17) is 5.26 Å². The van der Waals surface area contributed by atoms with Gasteiger partial charge in [-0.3, -0.25) is 0 Å². The van der Waals surface area contributed by atoms with E-state index in [-0.39, 0.29) is 11.9 Å². The number of hydrogen-bond acceptors (Lipinski definition) is 3. The molecule has 0 aliphatic rings. The maximum absolute atomic E-state index is 12.0. The molecule has 0 spiro atoms. The van der Waals surface area contributed by atoms with E-state index in [1.54, 1.807) is 11.8 Å². The quantitative estimate of drug-likeness (QED) is 0.780. The lowest BCUT2D eigenvalue weighted by atomic mass is 10.2. The highest BCUT2D eigenvalue weighted by atomic mass is 32.2. The molecule has 0 bridgehead atoms. The van der Waals surface area contributed by atoms with Crippen LogP contribution in [0.4, 0.5) is 10.5 Å².